The molecule has 1 aromatic heterocycles. The Morgan fingerprint density at radius 1 is 1.57 bits per heavy atom. The quantitative estimate of drug-likeness (QED) is 0.775. The molecule has 1 aliphatic rings. The van der Waals surface area contributed by atoms with Crippen LogP contribution in [-0.2, 0) is 11.3 Å². The van der Waals surface area contributed by atoms with Crippen molar-refractivity contribution in [1.82, 2.24) is 4.98 Å². The Labute approximate surface area is 84.5 Å². The molecule has 1 saturated carbocycles. The molecule has 1 aliphatic carbocycles. The molecule has 0 spiro atoms. The van der Waals surface area contributed by atoms with Crippen molar-refractivity contribution < 1.29 is 4.74 Å². The van der Waals surface area contributed by atoms with Crippen LogP contribution in [0.5, 0.6) is 0 Å². The number of nitrogens with zero attached hydrogens (tertiary/aromatic N) is 1. The maximum absolute atomic E-state index is 5.55. The van der Waals surface area contributed by atoms with Gasteiger partial charge in [0.25, 0.3) is 0 Å². The first kappa shape index (κ1) is 9.46. The molecule has 0 aliphatic heterocycles. The molecule has 0 atom stereocenters. The minimum atomic E-state index is 0.631. The van der Waals surface area contributed by atoms with Gasteiger partial charge in [-0.25, -0.2) is 0 Å². The summed E-state index contributed by atoms with van der Waals surface area (Å²) in [5, 5.41) is 3.08. The van der Waals surface area contributed by atoms with Crippen LogP contribution in [0.25, 0.3) is 0 Å². The lowest BCUT2D eigenvalue weighted by Crippen LogP contribution is -1.99. The molecular weight excluding hydrogens is 176 g/mol. The summed E-state index contributed by atoms with van der Waals surface area (Å²) in [6.07, 6.45) is 4.48. The highest BCUT2D eigenvalue weighted by molar-refractivity contribution is 5.42. The lowest BCUT2D eigenvalue weighted by Gasteiger charge is -2.04. The Hall–Kier alpha value is -1.09. The Morgan fingerprint density at radius 3 is 3.14 bits per heavy atom. The van der Waals surface area contributed by atoms with E-state index in [1.165, 1.54) is 12.8 Å². The fourth-order valence-electron chi connectivity index (χ4n) is 1.33. The van der Waals surface area contributed by atoms with Crippen LogP contribution in [-0.4, -0.2) is 18.6 Å². The summed E-state index contributed by atoms with van der Waals surface area (Å²) in [5.74, 6) is 0.822. The lowest BCUT2D eigenvalue weighted by atomic mass is 10.3. The zero-order chi connectivity index (χ0) is 9.80. The Kier molecular flexibility index (Phi) is 2.99. The summed E-state index contributed by atoms with van der Waals surface area (Å²) in [7, 11) is 1.91. The molecule has 1 heterocycles. The van der Waals surface area contributed by atoms with Gasteiger partial charge in [-0.1, -0.05) is 0 Å². The molecule has 2 rings (SSSR count). The van der Waals surface area contributed by atoms with Crippen molar-refractivity contribution in [1.29, 1.82) is 0 Å². The summed E-state index contributed by atoms with van der Waals surface area (Å²) in [6, 6.07) is 3.97. The molecule has 0 saturated heterocycles. The first-order valence-corrected chi connectivity index (χ1v) is 5.09. The van der Waals surface area contributed by atoms with Crippen LogP contribution in [0.1, 0.15) is 18.5 Å². The number of hydrogen-bond donors (Lipinski definition) is 1. The molecule has 1 fully saturated rings. The molecule has 1 aromatic rings. The summed E-state index contributed by atoms with van der Waals surface area (Å²) in [5.41, 5.74) is 2.09. The van der Waals surface area contributed by atoms with E-state index in [9.17, 15) is 0 Å². The van der Waals surface area contributed by atoms with Gasteiger partial charge in [0.1, 0.15) is 0 Å². The smallest absolute Gasteiger partial charge is 0.0888 e. The zero-order valence-corrected chi connectivity index (χ0v) is 8.49. The van der Waals surface area contributed by atoms with Crippen LogP contribution in [0.3, 0.4) is 0 Å². The van der Waals surface area contributed by atoms with Crippen LogP contribution >= 0.6 is 0 Å². The molecule has 0 aromatic carbocycles. The maximum Gasteiger partial charge on any atom is 0.0888 e. The van der Waals surface area contributed by atoms with Gasteiger partial charge in [-0.2, -0.15) is 0 Å². The predicted octanol–water partition coefficient (Wildman–Crippen LogP) is 2.05. The van der Waals surface area contributed by atoms with E-state index in [-0.39, 0.29) is 0 Å². The minimum absolute atomic E-state index is 0.631. The second kappa shape index (κ2) is 4.42. The summed E-state index contributed by atoms with van der Waals surface area (Å²) < 4.78 is 5.55. The standard InChI is InChI=1S/C11H16N2O/c1-12-10-4-5-13-11(6-10)8-14-7-9-2-3-9/h4-6,9H,2-3,7-8H2,1H3,(H,12,13). The van der Waals surface area contributed by atoms with Crippen molar-refractivity contribution in [3.8, 4) is 0 Å². The van der Waals surface area contributed by atoms with Gasteiger partial charge in [0.2, 0.25) is 0 Å². The van der Waals surface area contributed by atoms with Crippen LogP contribution in [0.4, 0.5) is 5.69 Å². The van der Waals surface area contributed by atoms with E-state index in [0.717, 1.165) is 23.9 Å². The molecule has 3 heteroatoms. The fraction of sp³-hybridized carbons (Fsp3) is 0.545. The monoisotopic (exact) mass is 192 g/mol. The molecule has 0 unspecified atom stereocenters. The SMILES string of the molecule is CNc1ccnc(COCC2CC2)c1. The number of ether oxygens (including phenoxy) is 1. The predicted molar refractivity (Wildman–Crippen MR) is 56.2 cm³/mol. The molecule has 14 heavy (non-hydrogen) atoms. The van der Waals surface area contributed by atoms with Crippen molar-refractivity contribution in [3.05, 3.63) is 24.0 Å². The molecule has 0 radical (unpaired) electrons. The highest BCUT2D eigenvalue weighted by atomic mass is 16.5. The lowest BCUT2D eigenvalue weighted by molar-refractivity contribution is 0.109. The van der Waals surface area contributed by atoms with E-state index in [0.29, 0.717) is 6.61 Å². The Balaban J connectivity index is 1.81. The van der Waals surface area contributed by atoms with Crippen molar-refractivity contribution in [2.24, 2.45) is 5.92 Å². The Morgan fingerprint density at radius 2 is 2.43 bits per heavy atom. The first-order chi connectivity index (χ1) is 6.88. The van der Waals surface area contributed by atoms with Gasteiger partial charge in [-0.3, -0.25) is 4.98 Å². The van der Waals surface area contributed by atoms with Gasteiger partial charge in [0.15, 0.2) is 0 Å². The van der Waals surface area contributed by atoms with E-state index in [1.54, 1.807) is 0 Å². The third kappa shape index (κ3) is 2.70. The van der Waals surface area contributed by atoms with Gasteiger partial charge < -0.3 is 10.1 Å². The van der Waals surface area contributed by atoms with Gasteiger partial charge in [-0.05, 0) is 30.9 Å². The second-order valence-corrected chi connectivity index (χ2v) is 3.74. The number of rotatable bonds is 5. The van der Waals surface area contributed by atoms with E-state index >= 15 is 0 Å². The van der Waals surface area contributed by atoms with E-state index in [4.69, 9.17) is 4.74 Å². The van der Waals surface area contributed by atoms with Gasteiger partial charge in [-0.15, -0.1) is 0 Å². The molecular formula is C11H16N2O. The van der Waals surface area contributed by atoms with Crippen LogP contribution in [0.2, 0.25) is 0 Å². The van der Waals surface area contributed by atoms with Crippen molar-refractivity contribution in [2.45, 2.75) is 19.4 Å². The number of hydrogen-bond acceptors (Lipinski definition) is 3. The highest BCUT2D eigenvalue weighted by Crippen LogP contribution is 2.29. The van der Waals surface area contributed by atoms with Crippen molar-refractivity contribution in [2.75, 3.05) is 19.0 Å². The normalized spacial score (nSPS) is 15.5. The largest absolute Gasteiger partial charge is 0.388 e. The van der Waals surface area contributed by atoms with Gasteiger partial charge in [0.05, 0.1) is 12.3 Å². The molecule has 76 valence electrons. The average molecular weight is 192 g/mol. The summed E-state index contributed by atoms with van der Waals surface area (Å²) in [4.78, 5) is 4.24. The topological polar surface area (TPSA) is 34.2 Å². The van der Waals surface area contributed by atoms with Gasteiger partial charge in [0, 0.05) is 25.5 Å². The molecule has 0 amide bonds. The molecule has 3 nitrogen and oxygen atoms in total. The maximum atomic E-state index is 5.55. The number of anilines is 1. The summed E-state index contributed by atoms with van der Waals surface area (Å²) in [6.45, 7) is 1.53. The minimum Gasteiger partial charge on any atom is -0.388 e. The number of nitrogens with one attached hydrogen (secondary N) is 1. The number of pyridine rings is 1. The fourth-order valence-corrected chi connectivity index (χ4v) is 1.33. The molecule has 0 bridgehead atoms. The summed E-state index contributed by atoms with van der Waals surface area (Å²) >= 11 is 0. The molecule has 1 N–H and O–H groups in total. The van der Waals surface area contributed by atoms with Crippen LogP contribution in [0.15, 0.2) is 18.3 Å². The van der Waals surface area contributed by atoms with E-state index in [2.05, 4.69) is 10.3 Å². The Bertz CT molecular complexity index is 297. The highest BCUT2D eigenvalue weighted by Gasteiger charge is 2.21. The third-order valence-electron chi connectivity index (χ3n) is 2.41. The average Bonchev–Trinajstić information content (AvgIpc) is 3.02. The second-order valence-electron chi connectivity index (χ2n) is 3.74. The van der Waals surface area contributed by atoms with E-state index < -0.39 is 0 Å². The van der Waals surface area contributed by atoms with Crippen molar-refractivity contribution >= 4 is 5.69 Å². The zero-order valence-electron chi connectivity index (χ0n) is 8.49. The van der Waals surface area contributed by atoms with Crippen LogP contribution < -0.4 is 5.32 Å². The third-order valence-corrected chi connectivity index (χ3v) is 2.41. The number of aromatic nitrogens is 1. The van der Waals surface area contributed by atoms with Crippen LogP contribution in [0, 0.1) is 5.92 Å². The van der Waals surface area contributed by atoms with Crippen molar-refractivity contribution in [3.63, 3.8) is 0 Å². The van der Waals surface area contributed by atoms with Gasteiger partial charge >= 0.3 is 0 Å². The van der Waals surface area contributed by atoms with E-state index in [1.807, 2.05) is 25.4 Å². The first-order valence-electron chi connectivity index (χ1n) is 5.09.